The van der Waals surface area contributed by atoms with Crippen molar-refractivity contribution in [2.45, 2.75) is 27.0 Å². The van der Waals surface area contributed by atoms with Crippen molar-refractivity contribution >= 4 is 28.0 Å². The molecule has 158 valence electrons. The van der Waals surface area contributed by atoms with Crippen LogP contribution in [0.25, 0.3) is 22.0 Å². The van der Waals surface area contributed by atoms with Gasteiger partial charge in [-0.15, -0.1) is 0 Å². The third-order valence-electron chi connectivity index (χ3n) is 5.02. The fraction of sp³-hybridized carbons (Fsp3) is 0.217. The zero-order valence-electron chi connectivity index (χ0n) is 17.3. The van der Waals surface area contributed by atoms with Crippen LogP contribution in [0.4, 0.5) is 0 Å². The summed E-state index contributed by atoms with van der Waals surface area (Å²) in [5.41, 5.74) is 0.968. The van der Waals surface area contributed by atoms with E-state index >= 15 is 0 Å². The van der Waals surface area contributed by atoms with Crippen molar-refractivity contribution in [2.75, 3.05) is 7.11 Å². The minimum absolute atomic E-state index is 0.0889. The normalized spacial score (nSPS) is 11.1. The van der Waals surface area contributed by atoms with Gasteiger partial charge in [-0.25, -0.2) is 14.6 Å². The molecule has 31 heavy (non-hydrogen) atoms. The summed E-state index contributed by atoms with van der Waals surface area (Å²) in [6.07, 6.45) is 1.46. The average Bonchev–Trinajstić information content (AvgIpc) is 2.76. The number of carbonyl (C=O) groups is 1. The molecule has 0 radical (unpaired) electrons. The van der Waals surface area contributed by atoms with Crippen molar-refractivity contribution in [3.8, 4) is 5.75 Å². The predicted octanol–water partition coefficient (Wildman–Crippen LogP) is 3.20. The molecule has 0 spiro atoms. The Kier molecular flexibility index (Phi) is 5.29. The second-order valence-electron chi connectivity index (χ2n) is 7.01. The van der Waals surface area contributed by atoms with Gasteiger partial charge in [0, 0.05) is 41.5 Å². The summed E-state index contributed by atoms with van der Waals surface area (Å²) in [6.45, 7) is 4.07. The highest BCUT2D eigenvalue weighted by Gasteiger charge is 2.18. The summed E-state index contributed by atoms with van der Waals surface area (Å²) >= 11 is 0. The maximum absolute atomic E-state index is 12.9. The number of esters is 1. The lowest BCUT2D eigenvalue weighted by atomic mass is 10.1. The summed E-state index contributed by atoms with van der Waals surface area (Å²) in [7, 11) is 1.51. The van der Waals surface area contributed by atoms with Crippen LogP contribution in [-0.4, -0.2) is 22.6 Å². The molecule has 0 N–H and O–H groups in total. The first-order valence-corrected chi connectivity index (χ1v) is 9.70. The molecule has 3 aromatic heterocycles. The van der Waals surface area contributed by atoms with E-state index < -0.39 is 17.0 Å². The first kappa shape index (κ1) is 20.3. The van der Waals surface area contributed by atoms with E-state index in [1.165, 1.54) is 19.4 Å². The van der Waals surface area contributed by atoms with Crippen LogP contribution in [0.2, 0.25) is 0 Å². The molecule has 0 aliphatic carbocycles. The van der Waals surface area contributed by atoms with Gasteiger partial charge in [-0.05, 0) is 38.1 Å². The minimum Gasteiger partial charge on any atom is -0.497 e. The molecule has 0 saturated heterocycles. The summed E-state index contributed by atoms with van der Waals surface area (Å²) in [5, 5.41) is 0.956. The van der Waals surface area contributed by atoms with Crippen LogP contribution in [-0.2, 0) is 17.9 Å². The maximum atomic E-state index is 12.9. The minimum atomic E-state index is -0.774. The summed E-state index contributed by atoms with van der Waals surface area (Å²) in [5.74, 6) is -0.241. The van der Waals surface area contributed by atoms with Crippen molar-refractivity contribution in [1.82, 2.24) is 9.55 Å². The fourth-order valence-electron chi connectivity index (χ4n) is 3.42. The molecule has 3 heterocycles. The van der Waals surface area contributed by atoms with E-state index in [0.29, 0.717) is 39.9 Å². The third kappa shape index (κ3) is 3.79. The first-order chi connectivity index (χ1) is 14.9. The van der Waals surface area contributed by atoms with Gasteiger partial charge in [0.25, 0.3) is 0 Å². The Labute approximate surface area is 176 Å². The van der Waals surface area contributed by atoms with Gasteiger partial charge in [-0.2, -0.15) is 0 Å². The van der Waals surface area contributed by atoms with E-state index in [2.05, 4.69) is 4.98 Å². The molecular formula is C23H20N2O6. The van der Waals surface area contributed by atoms with Gasteiger partial charge >= 0.3 is 11.6 Å². The Morgan fingerprint density at radius 3 is 2.65 bits per heavy atom. The number of methoxy groups -OCH3 is 1. The number of aromatic nitrogens is 2. The molecule has 0 aliphatic rings. The van der Waals surface area contributed by atoms with Crippen LogP contribution in [0, 0.1) is 6.92 Å². The van der Waals surface area contributed by atoms with E-state index in [9.17, 15) is 14.4 Å². The lowest BCUT2D eigenvalue weighted by Crippen LogP contribution is -2.21. The Morgan fingerprint density at radius 2 is 1.90 bits per heavy atom. The van der Waals surface area contributed by atoms with Gasteiger partial charge in [0.1, 0.15) is 29.2 Å². The summed E-state index contributed by atoms with van der Waals surface area (Å²) in [4.78, 5) is 42.0. The fourth-order valence-corrected chi connectivity index (χ4v) is 3.42. The van der Waals surface area contributed by atoms with Crippen LogP contribution in [0.3, 0.4) is 0 Å². The zero-order chi connectivity index (χ0) is 22.1. The van der Waals surface area contributed by atoms with Crippen LogP contribution in [0.1, 0.15) is 28.5 Å². The summed E-state index contributed by atoms with van der Waals surface area (Å²) in [6, 6.07) is 9.66. The lowest BCUT2D eigenvalue weighted by Gasteiger charge is -2.12. The molecule has 4 rings (SSSR count). The van der Waals surface area contributed by atoms with Gasteiger partial charge in [0.15, 0.2) is 0 Å². The molecule has 0 saturated carbocycles. The summed E-state index contributed by atoms with van der Waals surface area (Å²) < 4.78 is 17.5. The molecular weight excluding hydrogens is 400 g/mol. The van der Waals surface area contributed by atoms with Crippen LogP contribution in [0.5, 0.6) is 5.75 Å². The Morgan fingerprint density at radius 1 is 1.13 bits per heavy atom. The number of fused-ring (bicyclic) bond motifs is 2. The number of hydrogen-bond acceptors (Lipinski definition) is 7. The topological polar surface area (TPSA) is 101 Å². The Hall–Kier alpha value is -3.94. The predicted molar refractivity (Wildman–Crippen MR) is 115 cm³/mol. The lowest BCUT2D eigenvalue weighted by molar-refractivity contribution is 0.0471. The number of benzene rings is 1. The standard InChI is InChI=1S/C23H20N2O6/c1-4-25-11-18(21(27)17-7-5-13(2)24-22(17)25)23(28)30-12-14-9-20(26)31-19-10-15(29-3)6-8-16(14)19/h5-11H,4,12H2,1-3H3. The average molecular weight is 420 g/mol. The third-order valence-corrected chi connectivity index (χ3v) is 5.02. The Bertz CT molecular complexity index is 1430. The quantitative estimate of drug-likeness (QED) is 0.361. The zero-order valence-corrected chi connectivity index (χ0v) is 17.3. The Balaban J connectivity index is 1.69. The second-order valence-corrected chi connectivity index (χ2v) is 7.01. The molecule has 8 heteroatoms. The van der Waals surface area contributed by atoms with E-state index in [1.807, 2.05) is 13.8 Å². The van der Waals surface area contributed by atoms with Crippen molar-refractivity contribution in [3.05, 3.63) is 80.1 Å². The van der Waals surface area contributed by atoms with Crippen molar-refractivity contribution in [3.63, 3.8) is 0 Å². The SMILES string of the molecule is CCn1cc(C(=O)OCc2cc(=O)oc3cc(OC)ccc23)c(=O)c2ccc(C)nc21. The molecule has 0 unspecified atom stereocenters. The molecule has 8 nitrogen and oxygen atoms in total. The van der Waals surface area contributed by atoms with Crippen LogP contribution in [0.15, 0.2) is 56.6 Å². The van der Waals surface area contributed by atoms with Gasteiger partial charge in [0.2, 0.25) is 5.43 Å². The largest absolute Gasteiger partial charge is 0.497 e. The number of hydrogen-bond donors (Lipinski definition) is 0. The monoisotopic (exact) mass is 420 g/mol. The number of carbonyl (C=O) groups excluding carboxylic acids is 1. The molecule has 0 bridgehead atoms. The van der Waals surface area contributed by atoms with E-state index in [0.717, 1.165) is 5.69 Å². The van der Waals surface area contributed by atoms with Crippen molar-refractivity contribution in [1.29, 1.82) is 0 Å². The van der Waals surface area contributed by atoms with Gasteiger partial charge in [-0.1, -0.05) is 0 Å². The highest BCUT2D eigenvalue weighted by molar-refractivity contribution is 5.93. The number of aryl methyl sites for hydroxylation is 2. The highest BCUT2D eigenvalue weighted by atomic mass is 16.5. The molecule has 0 amide bonds. The molecule has 1 aromatic carbocycles. The smallest absolute Gasteiger partial charge is 0.344 e. The second kappa shape index (κ2) is 8.06. The number of rotatable bonds is 5. The van der Waals surface area contributed by atoms with E-state index in [4.69, 9.17) is 13.9 Å². The number of ether oxygens (including phenoxy) is 2. The van der Waals surface area contributed by atoms with Crippen molar-refractivity contribution in [2.24, 2.45) is 0 Å². The van der Waals surface area contributed by atoms with Gasteiger partial charge in [-0.3, -0.25) is 4.79 Å². The molecule has 0 fully saturated rings. The highest BCUT2D eigenvalue weighted by Crippen LogP contribution is 2.23. The number of nitrogens with zero attached hydrogens (tertiary/aromatic N) is 2. The first-order valence-electron chi connectivity index (χ1n) is 9.70. The maximum Gasteiger partial charge on any atom is 0.344 e. The molecule has 0 atom stereocenters. The van der Waals surface area contributed by atoms with E-state index in [-0.39, 0.29) is 12.2 Å². The number of pyridine rings is 2. The van der Waals surface area contributed by atoms with Gasteiger partial charge in [0.05, 0.1) is 12.5 Å². The molecule has 0 aliphatic heterocycles. The van der Waals surface area contributed by atoms with Gasteiger partial charge < -0.3 is 18.5 Å². The molecule has 4 aromatic rings. The van der Waals surface area contributed by atoms with Crippen LogP contribution < -0.4 is 15.8 Å². The van der Waals surface area contributed by atoms with Crippen molar-refractivity contribution < 1.29 is 18.7 Å². The van der Waals surface area contributed by atoms with E-state index in [1.54, 1.807) is 34.9 Å². The van der Waals surface area contributed by atoms with Crippen LogP contribution >= 0.6 is 0 Å².